The van der Waals surface area contributed by atoms with E-state index in [1.807, 2.05) is 11.8 Å². The largest absolute Gasteiger partial charge is 0.372 e. The van der Waals surface area contributed by atoms with Gasteiger partial charge in [-0.2, -0.15) is 0 Å². The molecule has 1 aliphatic rings. The molecule has 0 bridgehead atoms. The molecule has 1 rings (SSSR count). The van der Waals surface area contributed by atoms with Crippen LogP contribution in [-0.2, 0) is 9.53 Å². The summed E-state index contributed by atoms with van der Waals surface area (Å²) >= 11 is 0. The van der Waals surface area contributed by atoms with Crippen LogP contribution in [0.1, 0.15) is 26.2 Å². The second-order valence-electron chi connectivity index (χ2n) is 3.08. The maximum Gasteiger partial charge on any atom is 0.248 e. The fourth-order valence-electron chi connectivity index (χ4n) is 1.42. The highest BCUT2D eigenvalue weighted by molar-refractivity contribution is 5.77. The van der Waals surface area contributed by atoms with Gasteiger partial charge in [-0.25, -0.2) is 0 Å². The quantitative estimate of drug-likeness (QED) is 0.635. The molecule has 1 fully saturated rings. The Bertz CT molecular complexity index is 141. The Hall–Kier alpha value is -0.570. The molecule has 0 aromatic rings. The first-order valence-corrected chi connectivity index (χ1v) is 4.70. The van der Waals surface area contributed by atoms with Crippen molar-refractivity contribution in [1.82, 2.24) is 4.90 Å². The summed E-state index contributed by atoms with van der Waals surface area (Å²) in [7, 11) is 0. The van der Waals surface area contributed by atoms with Gasteiger partial charge in [-0.05, 0) is 26.2 Å². The predicted molar refractivity (Wildman–Crippen MR) is 46.9 cm³/mol. The van der Waals surface area contributed by atoms with Crippen molar-refractivity contribution in [3.8, 4) is 0 Å². The highest BCUT2D eigenvalue weighted by atomic mass is 16.5. The van der Waals surface area contributed by atoms with Crippen molar-refractivity contribution in [2.45, 2.75) is 26.2 Å². The van der Waals surface area contributed by atoms with Crippen LogP contribution in [0.25, 0.3) is 0 Å². The summed E-state index contributed by atoms with van der Waals surface area (Å²) in [6.45, 7) is 4.64. The number of carbonyl (C=O) groups excluding carboxylic acids is 1. The van der Waals surface area contributed by atoms with E-state index >= 15 is 0 Å². The summed E-state index contributed by atoms with van der Waals surface area (Å²) in [5, 5.41) is 0. The number of hydrogen-bond donors (Lipinski definition) is 0. The van der Waals surface area contributed by atoms with Crippen LogP contribution in [-0.4, -0.2) is 37.1 Å². The fourth-order valence-corrected chi connectivity index (χ4v) is 1.42. The zero-order chi connectivity index (χ0) is 8.81. The van der Waals surface area contributed by atoms with E-state index < -0.39 is 0 Å². The Morgan fingerprint density at radius 2 is 2.00 bits per heavy atom. The average Bonchev–Trinajstić information content (AvgIpc) is 2.15. The number of nitrogens with zero attached hydrogens (tertiary/aromatic N) is 1. The lowest BCUT2D eigenvalue weighted by atomic mass is 10.1. The van der Waals surface area contributed by atoms with E-state index in [0.29, 0.717) is 6.61 Å². The van der Waals surface area contributed by atoms with E-state index in [2.05, 4.69) is 0 Å². The summed E-state index contributed by atoms with van der Waals surface area (Å²) < 4.78 is 5.06. The van der Waals surface area contributed by atoms with Crippen molar-refractivity contribution in [2.24, 2.45) is 0 Å². The maximum atomic E-state index is 11.4. The Morgan fingerprint density at radius 3 is 2.58 bits per heavy atom. The van der Waals surface area contributed by atoms with Crippen molar-refractivity contribution in [3.63, 3.8) is 0 Å². The molecule has 1 heterocycles. The number of amides is 1. The molecule has 1 saturated heterocycles. The van der Waals surface area contributed by atoms with E-state index in [1.54, 1.807) is 0 Å². The van der Waals surface area contributed by atoms with E-state index in [-0.39, 0.29) is 12.5 Å². The van der Waals surface area contributed by atoms with Gasteiger partial charge < -0.3 is 9.64 Å². The molecule has 3 nitrogen and oxygen atoms in total. The van der Waals surface area contributed by atoms with Gasteiger partial charge in [0.05, 0.1) is 0 Å². The number of carbonyl (C=O) groups is 1. The van der Waals surface area contributed by atoms with E-state index in [0.717, 1.165) is 25.9 Å². The lowest BCUT2D eigenvalue weighted by molar-refractivity contribution is -0.136. The first kappa shape index (κ1) is 9.52. The summed E-state index contributed by atoms with van der Waals surface area (Å²) in [4.78, 5) is 13.3. The Kier molecular flexibility index (Phi) is 4.08. The number of rotatable bonds is 3. The molecular weight excluding hydrogens is 154 g/mol. The van der Waals surface area contributed by atoms with Crippen LogP contribution in [0, 0.1) is 0 Å². The van der Waals surface area contributed by atoms with Crippen LogP contribution in [0.2, 0.25) is 0 Å². The first-order chi connectivity index (χ1) is 5.84. The molecule has 1 aliphatic heterocycles. The zero-order valence-corrected chi connectivity index (χ0v) is 7.71. The third-order valence-corrected chi connectivity index (χ3v) is 2.14. The molecular formula is C9H17NO2. The van der Waals surface area contributed by atoms with Crippen molar-refractivity contribution in [2.75, 3.05) is 26.3 Å². The highest BCUT2D eigenvalue weighted by Crippen LogP contribution is 2.08. The fraction of sp³-hybridized carbons (Fsp3) is 0.889. The molecule has 70 valence electrons. The summed E-state index contributed by atoms with van der Waals surface area (Å²) in [5.74, 6) is 0.150. The third kappa shape index (κ3) is 2.81. The van der Waals surface area contributed by atoms with Crippen molar-refractivity contribution in [3.05, 3.63) is 0 Å². The van der Waals surface area contributed by atoms with Gasteiger partial charge in [-0.15, -0.1) is 0 Å². The molecule has 0 aromatic heterocycles. The van der Waals surface area contributed by atoms with Gasteiger partial charge in [0, 0.05) is 19.7 Å². The average molecular weight is 171 g/mol. The zero-order valence-electron chi connectivity index (χ0n) is 7.71. The molecule has 0 unspecified atom stereocenters. The van der Waals surface area contributed by atoms with Crippen molar-refractivity contribution in [1.29, 1.82) is 0 Å². The maximum absolute atomic E-state index is 11.4. The highest BCUT2D eigenvalue weighted by Gasteiger charge is 2.15. The van der Waals surface area contributed by atoms with Crippen molar-refractivity contribution < 1.29 is 9.53 Å². The Balaban J connectivity index is 2.20. The molecule has 0 saturated carbocycles. The normalized spacial score (nSPS) is 17.9. The molecule has 0 spiro atoms. The second-order valence-corrected chi connectivity index (χ2v) is 3.08. The van der Waals surface area contributed by atoms with E-state index in [9.17, 15) is 4.79 Å². The topological polar surface area (TPSA) is 29.5 Å². The minimum atomic E-state index is 0.150. The van der Waals surface area contributed by atoms with Gasteiger partial charge >= 0.3 is 0 Å². The minimum absolute atomic E-state index is 0.150. The van der Waals surface area contributed by atoms with E-state index in [1.165, 1.54) is 6.42 Å². The lowest BCUT2D eigenvalue weighted by Gasteiger charge is -2.26. The second kappa shape index (κ2) is 5.14. The predicted octanol–water partition coefficient (Wildman–Crippen LogP) is 1.04. The van der Waals surface area contributed by atoms with Gasteiger partial charge in [-0.1, -0.05) is 0 Å². The van der Waals surface area contributed by atoms with Gasteiger partial charge in [0.1, 0.15) is 6.61 Å². The molecule has 3 heteroatoms. The molecule has 0 aromatic carbocycles. The number of ether oxygens (including phenoxy) is 1. The standard InChI is InChI=1S/C9H17NO2/c1-2-12-8-9(11)10-6-4-3-5-7-10/h2-8H2,1H3. The molecule has 0 radical (unpaired) electrons. The molecule has 1 amide bonds. The monoisotopic (exact) mass is 171 g/mol. The summed E-state index contributed by atoms with van der Waals surface area (Å²) in [6, 6.07) is 0. The van der Waals surface area contributed by atoms with Gasteiger partial charge in [-0.3, -0.25) is 4.79 Å². The van der Waals surface area contributed by atoms with Crippen LogP contribution < -0.4 is 0 Å². The molecule has 12 heavy (non-hydrogen) atoms. The minimum Gasteiger partial charge on any atom is -0.372 e. The molecule has 0 aliphatic carbocycles. The van der Waals surface area contributed by atoms with Crippen LogP contribution >= 0.6 is 0 Å². The van der Waals surface area contributed by atoms with Crippen molar-refractivity contribution >= 4 is 5.91 Å². The first-order valence-electron chi connectivity index (χ1n) is 4.70. The number of piperidine rings is 1. The summed E-state index contributed by atoms with van der Waals surface area (Å²) in [6.07, 6.45) is 3.56. The Morgan fingerprint density at radius 1 is 1.33 bits per heavy atom. The van der Waals surface area contributed by atoms with Crippen LogP contribution in [0.15, 0.2) is 0 Å². The number of hydrogen-bond acceptors (Lipinski definition) is 2. The van der Waals surface area contributed by atoms with Crippen LogP contribution in [0.4, 0.5) is 0 Å². The molecule has 0 atom stereocenters. The van der Waals surface area contributed by atoms with Gasteiger partial charge in [0.25, 0.3) is 0 Å². The smallest absolute Gasteiger partial charge is 0.248 e. The Labute approximate surface area is 73.7 Å². The number of likely N-dealkylation sites (tertiary alicyclic amines) is 1. The van der Waals surface area contributed by atoms with E-state index in [4.69, 9.17) is 4.74 Å². The van der Waals surface area contributed by atoms with Crippen LogP contribution in [0.3, 0.4) is 0 Å². The van der Waals surface area contributed by atoms with Gasteiger partial charge in [0.15, 0.2) is 0 Å². The SMILES string of the molecule is CCOCC(=O)N1CCCCC1. The third-order valence-electron chi connectivity index (χ3n) is 2.14. The van der Waals surface area contributed by atoms with Crippen LogP contribution in [0.5, 0.6) is 0 Å². The lowest BCUT2D eigenvalue weighted by Crippen LogP contribution is -2.37. The molecule has 0 N–H and O–H groups in total. The van der Waals surface area contributed by atoms with Gasteiger partial charge in [0.2, 0.25) is 5.91 Å². The summed E-state index contributed by atoms with van der Waals surface area (Å²) in [5.41, 5.74) is 0.